The molecule has 3 rings (SSSR count). The highest BCUT2D eigenvalue weighted by Gasteiger charge is 2.13. The maximum Gasteiger partial charge on any atom is 0.345 e. The second-order valence-electron chi connectivity index (χ2n) is 5.70. The number of halogens is 2. The Morgan fingerprint density at radius 2 is 1.86 bits per heavy atom. The molecule has 0 aliphatic heterocycles. The lowest BCUT2D eigenvalue weighted by molar-refractivity contribution is -0.384. The lowest BCUT2D eigenvalue weighted by atomic mass is 10.1. The summed E-state index contributed by atoms with van der Waals surface area (Å²) in [6.07, 6.45) is 0. The van der Waals surface area contributed by atoms with Crippen LogP contribution < -0.4 is 11.1 Å². The molecule has 0 radical (unpaired) electrons. The van der Waals surface area contributed by atoms with Crippen LogP contribution in [0, 0.1) is 10.1 Å². The largest absolute Gasteiger partial charge is 0.421 e. The fourth-order valence-electron chi connectivity index (χ4n) is 2.40. The Hall–Kier alpha value is -3.23. The van der Waals surface area contributed by atoms with Crippen molar-refractivity contribution in [3.8, 4) is 0 Å². The van der Waals surface area contributed by atoms with E-state index in [4.69, 9.17) is 27.6 Å². The van der Waals surface area contributed by atoms with Gasteiger partial charge in [-0.05, 0) is 37.3 Å². The molecule has 0 saturated heterocycles. The minimum absolute atomic E-state index is 0.120. The van der Waals surface area contributed by atoms with Crippen molar-refractivity contribution in [3.05, 3.63) is 84.2 Å². The lowest BCUT2D eigenvalue weighted by Gasteiger charge is -2.05. The molecule has 1 aromatic heterocycles. The molecule has 1 amide bonds. The van der Waals surface area contributed by atoms with Gasteiger partial charge in [-0.25, -0.2) is 10.2 Å². The normalized spacial score (nSPS) is 11.5. The van der Waals surface area contributed by atoms with Crippen molar-refractivity contribution in [3.63, 3.8) is 0 Å². The van der Waals surface area contributed by atoms with Crippen molar-refractivity contribution < 1.29 is 14.1 Å². The van der Waals surface area contributed by atoms with E-state index in [9.17, 15) is 19.7 Å². The van der Waals surface area contributed by atoms with Crippen molar-refractivity contribution in [2.45, 2.75) is 6.92 Å². The van der Waals surface area contributed by atoms with Gasteiger partial charge in [-0.3, -0.25) is 14.9 Å². The topological polar surface area (TPSA) is 115 Å². The van der Waals surface area contributed by atoms with Gasteiger partial charge in [0.1, 0.15) is 0 Å². The zero-order valence-corrected chi connectivity index (χ0v) is 15.7. The minimum Gasteiger partial charge on any atom is -0.421 e. The number of carbonyl (C=O) groups excluding carboxylic acids is 1. The van der Waals surface area contributed by atoms with Gasteiger partial charge in [0.2, 0.25) is 0 Å². The molecule has 0 atom stereocenters. The average molecular weight is 420 g/mol. The molecule has 0 aliphatic carbocycles. The summed E-state index contributed by atoms with van der Waals surface area (Å²) in [6.45, 7) is 1.51. The van der Waals surface area contributed by atoms with E-state index in [0.29, 0.717) is 10.4 Å². The van der Waals surface area contributed by atoms with Gasteiger partial charge in [-0.1, -0.05) is 23.2 Å². The highest BCUT2D eigenvalue weighted by molar-refractivity contribution is 6.38. The number of nitrogens with one attached hydrogen (secondary N) is 1. The van der Waals surface area contributed by atoms with Gasteiger partial charge in [-0.15, -0.1) is 0 Å². The first-order valence-electron chi connectivity index (χ1n) is 7.78. The molecule has 8 nitrogen and oxygen atoms in total. The van der Waals surface area contributed by atoms with Crippen LogP contribution in [0.15, 0.2) is 56.8 Å². The van der Waals surface area contributed by atoms with E-state index in [1.165, 1.54) is 43.3 Å². The second-order valence-corrected chi connectivity index (χ2v) is 6.54. The molecule has 142 valence electrons. The molecule has 0 bridgehead atoms. The summed E-state index contributed by atoms with van der Waals surface area (Å²) in [4.78, 5) is 34.4. The fourth-order valence-corrected chi connectivity index (χ4v) is 2.95. The predicted molar refractivity (Wildman–Crippen MR) is 105 cm³/mol. The Kier molecular flexibility index (Phi) is 5.43. The Bertz CT molecular complexity index is 1190. The van der Waals surface area contributed by atoms with Crippen molar-refractivity contribution in [2.75, 3.05) is 0 Å². The quantitative estimate of drug-likeness (QED) is 0.295. The van der Waals surface area contributed by atoms with Gasteiger partial charge in [0.25, 0.3) is 11.6 Å². The molecule has 28 heavy (non-hydrogen) atoms. The van der Waals surface area contributed by atoms with E-state index in [1.807, 2.05) is 0 Å². The van der Waals surface area contributed by atoms with Crippen LogP contribution in [0.4, 0.5) is 5.69 Å². The number of carbonyl (C=O) groups is 1. The third-order valence-electron chi connectivity index (χ3n) is 3.81. The predicted octanol–water partition coefficient (Wildman–Crippen LogP) is 4.16. The maximum atomic E-state index is 12.2. The SMILES string of the molecule is C/C(=N/NC(=O)c1ccc([N+](=O)[O-])cc1)c1cc2cc(Cl)cc(Cl)c2oc1=O. The summed E-state index contributed by atoms with van der Waals surface area (Å²) < 4.78 is 5.22. The van der Waals surface area contributed by atoms with Crippen molar-refractivity contribution in [1.82, 2.24) is 5.43 Å². The maximum absolute atomic E-state index is 12.2. The van der Waals surface area contributed by atoms with Crippen LogP contribution in [0.3, 0.4) is 0 Å². The number of hydrogen-bond donors (Lipinski definition) is 1. The van der Waals surface area contributed by atoms with Crippen LogP contribution in [0.2, 0.25) is 10.0 Å². The molecule has 10 heteroatoms. The first-order valence-corrected chi connectivity index (χ1v) is 8.54. The molecule has 0 fully saturated rings. The van der Waals surface area contributed by atoms with Crippen LogP contribution in [0.25, 0.3) is 11.0 Å². The van der Waals surface area contributed by atoms with Gasteiger partial charge in [0.05, 0.1) is 21.2 Å². The summed E-state index contributed by atoms with van der Waals surface area (Å²) in [5.74, 6) is -0.592. The number of amides is 1. The number of hydrogen-bond acceptors (Lipinski definition) is 6. The summed E-state index contributed by atoms with van der Waals surface area (Å²) in [5, 5.41) is 15.6. The smallest absolute Gasteiger partial charge is 0.345 e. The van der Waals surface area contributed by atoms with Gasteiger partial charge >= 0.3 is 5.63 Å². The van der Waals surface area contributed by atoms with Crippen LogP contribution in [-0.4, -0.2) is 16.5 Å². The van der Waals surface area contributed by atoms with Crippen LogP contribution in [0.5, 0.6) is 0 Å². The van der Waals surface area contributed by atoms with Crippen molar-refractivity contribution in [1.29, 1.82) is 0 Å². The van der Waals surface area contributed by atoms with E-state index in [-0.39, 0.29) is 33.1 Å². The number of hydrazone groups is 1. The number of nitro groups is 1. The van der Waals surface area contributed by atoms with Crippen LogP contribution >= 0.6 is 23.2 Å². The average Bonchev–Trinajstić information content (AvgIpc) is 2.66. The molecule has 0 unspecified atom stereocenters. The monoisotopic (exact) mass is 419 g/mol. The number of nitro benzene ring substituents is 1. The highest BCUT2D eigenvalue weighted by Crippen LogP contribution is 2.27. The molecule has 1 N–H and O–H groups in total. The first kappa shape index (κ1) is 19.5. The molecule has 1 heterocycles. The number of nitrogens with zero attached hydrogens (tertiary/aromatic N) is 2. The van der Waals surface area contributed by atoms with Crippen molar-refractivity contribution >= 4 is 51.5 Å². The lowest BCUT2D eigenvalue weighted by Crippen LogP contribution is -2.21. The zero-order valence-electron chi connectivity index (χ0n) is 14.2. The molecular weight excluding hydrogens is 409 g/mol. The van der Waals surface area contributed by atoms with E-state index < -0.39 is 16.5 Å². The Morgan fingerprint density at radius 3 is 2.50 bits per heavy atom. The Balaban J connectivity index is 1.87. The fraction of sp³-hybridized carbons (Fsp3) is 0.0556. The summed E-state index contributed by atoms with van der Waals surface area (Å²) in [7, 11) is 0. The molecule has 0 spiro atoms. The molecule has 0 aliphatic rings. The third kappa shape index (κ3) is 4.03. The Labute approximate surface area is 167 Å². The van der Waals surface area contributed by atoms with Gasteiger partial charge in [0, 0.05) is 28.1 Å². The summed E-state index contributed by atoms with van der Waals surface area (Å²) >= 11 is 12.0. The van der Waals surface area contributed by atoms with Crippen LogP contribution in [-0.2, 0) is 0 Å². The number of rotatable bonds is 4. The standard InChI is InChI=1S/C18H11Cl2N3O5/c1-9(21-22-17(24)10-2-4-13(5-3-10)23(26)27)14-7-11-6-12(19)8-15(20)16(11)28-18(14)25/h2-8H,1H3,(H,22,24)/b21-9-. The number of non-ortho nitro benzene ring substituents is 1. The zero-order chi connectivity index (χ0) is 20.4. The number of benzene rings is 2. The highest BCUT2D eigenvalue weighted by atomic mass is 35.5. The van der Waals surface area contributed by atoms with Gasteiger partial charge in [0.15, 0.2) is 5.58 Å². The molecule has 2 aromatic carbocycles. The molecule has 0 saturated carbocycles. The Morgan fingerprint density at radius 1 is 1.18 bits per heavy atom. The summed E-state index contributed by atoms with van der Waals surface area (Å²) in [5.41, 5.74) is 2.16. The van der Waals surface area contributed by atoms with E-state index in [0.717, 1.165) is 0 Å². The molecular formula is C18H11Cl2N3O5. The van der Waals surface area contributed by atoms with Gasteiger partial charge < -0.3 is 4.42 Å². The van der Waals surface area contributed by atoms with E-state index >= 15 is 0 Å². The van der Waals surface area contributed by atoms with Crippen molar-refractivity contribution in [2.24, 2.45) is 5.10 Å². The van der Waals surface area contributed by atoms with Gasteiger partial charge in [-0.2, -0.15) is 5.10 Å². The van der Waals surface area contributed by atoms with Crippen LogP contribution in [0.1, 0.15) is 22.8 Å². The van der Waals surface area contributed by atoms with E-state index in [1.54, 1.807) is 6.07 Å². The van der Waals surface area contributed by atoms with E-state index in [2.05, 4.69) is 10.5 Å². The molecule has 3 aromatic rings. The summed E-state index contributed by atoms with van der Waals surface area (Å²) in [6, 6.07) is 9.56. The first-order chi connectivity index (χ1) is 13.3. The third-order valence-corrected chi connectivity index (χ3v) is 4.31. The second kappa shape index (κ2) is 7.79. The minimum atomic E-state index is -0.678. The number of fused-ring (bicyclic) bond motifs is 1.